The Labute approximate surface area is 179 Å². The summed E-state index contributed by atoms with van der Waals surface area (Å²) < 4.78 is 23.8. The van der Waals surface area contributed by atoms with E-state index >= 15 is 0 Å². The number of ether oxygens (including phenoxy) is 2. The van der Waals surface area contributed by atoms with Crippen LogP contribution in [0.2, 0.25) is 0 Å². The van der Waals surface area contributed by atoms with Gasteiger partial charge in [0.15, 0.2) is 0 Å². The van der Waals surface area contributed by atoms with Crippen LogP contribution in [-0.4, -0.2) is 11.3 Å². The Kier molecular flexibility index (Phi) is 5.96. The molecule has 4 rings (SSSR count). The lowest BCUT2D eigenvalue weighted by Crippen LogP contribution is -1.93. The number of rotatable bonds is 6. The first-order chi connectivity index (χ1) is 14.6. The molecule has 30 heavy (non-hydrogen) atoms. The van der Waals surface area contributed by atoms with Crippen LogP contribution in [0.1, 0.15) is 5.56 Å². The lowest BCUT2D eigenvalue weighted by atomic mass is 10.1. The highest BCUT2D eigenvalue weighted by molar-refractivity contribution is 7.85. The normalized spacial score (nSPS) is 11.7. The van der Waals surface area contributed by atoms with Crippen molar-refractivity contribution in [3.63, 3.8) is 0 Å². The molecule has 0 saturated heterocycles. The van der Waals surface area contributed by atoms with Crippen molar-refractivity contribution in [2.75, 3.05) is 7.11 Å². The van der Waals surface area contributed by atoms with Gasteiger partial charge in [0.25, 0.3) is 0 Å². The zero-order valence-electron chi connectivity index (χ0n) is 16.9. The van der Waals surface area contributed by atoms with Crippen molar-refractivity contribution in [3.8, 4) is 28.4 Å². The first-order valence-corrected chi connectivity index (χ1v) is 10.8. The van der Waals surface area contributed by atoms with Crippen molar-refractivity contribution in [1.29, 1.82) is 0 Å². The van der Waals surface area contributed by atoms with Crippen LogP contribution in [0.25, 0.3) is 11.1 Å². The van der Waals surface area contributed by atoms with Gasteiger partial charge < -0.3 is 9.47 Å². The molecule has 1 unspecified atom stereocenters. The van der Waals surface area contributed by atoms with Gasteiger partial charge in [-0.1, -0.05) is 42.0 Å². The molecule has 4 heteroatoms. The molecule has 4 aromatic rings. The number of benzene rings is 4. The fraction of sp³-hybridized carbons (Fsp3) is 0.0769. The molecule has 0 aromatic heterocycles. The third-order valence-electron chi connectivity index (χ3n) is 4.79. The molecule has 0 aliphatic heterocycles. The molecule has 0 aliphatic carbocycles. The van der Waals surface area contributed by atoms with E-state index in [0.717, 1.165) is 38.0 Å². The maximum atomic E-state index is 12.7. The van der Waals surface area contributed by atoms with E-state index in [4.69, 9.17) is 9.47 Å². The summed E-state index contributed by atoms with van der Waals surface area (Å²) in [7, 11) is 0.459. The highest BCUT2D eigenvalue weighted by atomic mass is 32.2. The maximum absolute atomic E-state index is 12.7. The monoisotopic (exact) mass is 414 g/mol. The van der Waals surface area contributed by atoms with Gasteiger partial charge in [0.1, 0.15) is 17.2 Å². The maximum Gasteiger partial charge on any atom is 0.127 e. The van der Waals surface area contributed by atoms with Gasteiger partial charge in [0.2, 0.25) is 0 Å². The summed E-state index contributed by atoms with van der Waals surface area (Å²) >= 11 is 0. The van der Waals surface area contributed by atoms with Crippen LogP contribution in [0, 0.1) is 6.92 Å². The largest absolute Gasteiger partial charge is 0.497 e. The molecule has 0 spiro atoms. The van der Waals surface area contributed by atoms with Gasteiger partial charge in [-0.2, -0.15) is 0 Å². The van der Waals surface area contributed by atoms with Crippen molar-refractivity contribution in [2.45, 2.75) is 16.7 Å². The fourth-order valence-electron chi connectivity index (χ4n) is 3.06. The number of aryl methyl sites for hydroxylation is 1. The molecule has 0 fully saturated rings. The van der Waals surface area contributed by atoms with Gasteiger partial charge in [-0.15, -0.1) is 0 Å². The molecule has 1 atom stereocenters. The lowest BCUT2D eigenvalue weighted by Gasteiger charge is -2.09. The van der Waals surface area contributed by atoms with Crippen LogP contribution >= 0.6 is 0 Å². The van der Waals surface area contributed by atoms with Crippen molar-refractivity contribution >= 4 is 10.8 Å². The second kappa shape index (κ2) is 8.97. The SMILES string of the molecule is COc1ccc(-c2ccc(Oc3ccc(S(=O)c4ccc(C)cc4)cc3)cc2)cc1. The van der Waals surface area contributed by atoms with Crippen LogP contribution < -0.4 is 9.47 Å². The van der Waals surface area contributed by atoms with Gasteiger partial charge in [0, 0.05) is 9.79 Å². The molecule has 0 amide bonds. The van der Waals surface area contributed by atoms with E-state index < -0.39 is 10.8 Å². The van der Waals surface area contributed by atoms with E-state index in [9.17, 15) is 4.21 Å². The highest BCUT2D eigenvalue weighted by Gasteiger charge is 2.08. The van der Waals surface area contributed by atoms with E-state index in [0.29, 0.717) is 5.75 Å². The Bertz CT molecular complexity index is 1130. The van der Waals surface area contributed by atoms with Crippen molar-refractivity contribution in [3.05, 3.63) is 103 Å². The van der Waals surface area contributed by atoms with Gasteiger partial charge in [-0.3, -0.25) is 0 Å². The molecular weight excluding hydrogens is 392 g/mol. The summed E-state index contributed by atoms with van der Waals surface area (Å²) in [5, 5.41) is 0. The zero-order valence-corrected chi connectivity index (χ0v) is 17.7. The van der Waals surface area contributed by atoms with E-state index in [2.05, 4.69) is 0 Å². The summed E-state index contributed by atoms with van der Waals surface area (Å²) in [6.45, 7) is 2.02. The van der Waals surface area contributed by atoms with Crippen LogP contribution in [0.5, 0.6) is 17.2 Å². The summed E-state index contributed by atoms with van der Waals surface area (Å²) in [4.78, 5) is 1.55. The minimum absolute atomic E-state index is 0.705. The Morgan fingerprint density at radius 3 is 1.43 bits per heavy atom. The molecule has 0 radical (unpaired) electrons. The Morgan fingerprint density at radius 2 is 0.967 bits per heavy atom. The average Bonchev–Trinajstić information content (AvgIpc) is 2.80. The minimum atomic E-state index is -1.20. The number of hydrogen-bond acceptors (Lipinski definition) is 3. The Balaban J connectivity index is 1.44. The van der Waals surface area contributed by atoms with Crippen molar-refractivity contribution in [2.24, 2.45) is 0 Å². The number of hydrogen-bond donors (Lipinski definition) is 0. The second-order valence-electron chi connectivity index (χ2n) is 6.91. The van der Waals surface area contributed by atoms with Gasteiger partial charge in [-0.25, -0.2) is 4.21 Å². The van der Waals surface area contributed by atoms with Crippen LogP contribution in [0.3, 0.4) is 0 Å². The molecule has 4 aromatic carbocycles. The molecule has 0 aliphatic rings. The smallest absolute Gasteiger partial charge is 0.127 e. The van der Waals surface area contributed by atoms with Gasteiger partial charge in [0.05, 0.1) is 17.9 Å². The third kappa shape index (κ3) is 4.61. The van der Waals surface area contributed by atoms with Gasteiger partial charge in [-0.05, 0) is 78.7 Å². The summed E-state index contributed by atoms with van der Waals surface area (Å²) in [5.74, 6) is 2.29. The molecule has 0 heterocycles. The first kappa shape index (κ1) is 19.9. The lowest BCUT2D eigenvalue weighted by molar-refractivity contribution is 0.415. The van der Waals surface area contributed by atoms with Crippen LogP contribution in [0.15, 0.2) is 107 Å². The standard InChI is InChI=1S/C26H22O3S/c1-19-3-15-25(16-4-19)30(27)26-17-13-24(14-18-26)29-23-11-7-21(8-12-23)20-5-9-22(28-2)10-6-20/h3-18H,1-2H3. The number of methoxy groups -OCH3 is 1. The molecule has 3 nitrogen and oxygen atoms in total. The van der Waals surface area contributed by atoms with Crippen LogP contribution in [-0.2, 0) is 10.8 Å². The van der Waals surface area contributed by atoms with E-state index in [1.165, 1.54) is 0 Å². The molecule has 0 bridgehead atoms. The topological polar surface area (TPSA) is 35.5 Å². The van der Waals surface area contributed by atoms with E-state index in [1.54, 1.807) is 7.11 Å². The summed E-state index contributed by atoms with van der Waals surface area (Å²) in [6.07, 6.45) is 0. The summed E-state index contributed by atoms with van der Waals surface area (Å²) in [6, 6.07) is 31.0. The third-order valence-corrected chi connectivity index (χ3v) is 6.19. The van der Waals surface area contributed by atoms with E-state index in [1.807, 2.05) is 104 Å². The molecule has 0 saturated carbocycles. The predicted molar refractivity (Wildman–Crippen MR) is 121 cm³/mol. The predicted octanol–water partition coefficient (Wildman–Crippen LogP) is 6.63. The fourth-order valence-corrected chi connectivity index (χ4v) is 4.10. The van der Waals surface area contributed by atoms with E-state index in [-0.39, 0.29) is 0 Å². The first-order valence-electron chi connectivity index (χ1n) is 9.63. The quantitative estimate of drug-likeness (QED) is 0.355. The second-order valence-corrected chi connectivity index (χ2v) is 8.39. The summed E-state index contributed by atoms with van der Waals surface area (Å²) in [5.41, 5.74) is 3.37. The van der Waals surface area contributed by atoms with Crippen molar-refractivity contribution in [1.82, 2.24) is 0 Å². The Hall–Kier alpha value is -3.37. The average molecular weight is 415 g/mol. The Morgan fingerprint density at radius 1 is 0.567 bits per heavy atom. The highest BCUT2D eigenvalue weighted by Crippen LogP contribution is 2.28. The molecular formula is C26H22O3S. The molecule has 150 valence electrons. The minimum Gasteiger partial charge on any atom is -0.497 e. The van der Waals surface area contributed by atoms with Gasteiger partial charge >= 0.3 is 0 Å². The van der Waals surface area contributed by atoms with Crippen LogP contribution in [0.4, 0.5) is 0 Å². The van der Waals surface area contributed by atoms with Crippen molar-refractivity contribution < 1.29 is 13.7 Å². The molecule has 0 N–H and O–H groups in total. The zero-order chi connectivity index (χ0) is 20.9.